The summed E-state index contributed by atoms with van der Waals surface area (Å²) < 4.78 is 13.0. The number of carboxylic acids is 1. The molecule has 2 aromatic carbocycles. The summed E-state index contributed by atoms with van der Waals surface area (Å²) in [5, 5.41) is 11.5. The molecule has 0 aliphatic heterocycles. The smallest absolute Gasteiger partial charge is 0.337 e. The van der Waals surface area contributed by atoms with Crippen molar-refractivity contribution in [3.63, 3.8) is 0 Å². The average Bonchev–Trinajstić information content (AvgIpc) is 2.45. The summed E-state index contributed by atoms with van der Waals surface area (Å²) in [6.45, 7) is 0. The van der Waals surface area contributed by atoms with E-state index < -0.39 is 17.7 Å². The van der Waals surface area contributed by atoms with Crippen LogP contribution in [-0.4, -0.2) is 17.0 Å². The molecule has 0 aliphatic carbocycles. The van der Waals surface area contributed by atoms with Gasteiger partial charge in [-0.25, -0.2) is 9.18 Å². The van der Waals surface area contributed by atoms with E-state index in [-0.39, 0.29) is 11.3 Å². The first-order valence-electron chi connectivity index (χ1n) is 6.13. The van der Waals surface area contributed by atoms with Crippen molar-refractivity contribution >= 4 is 23.6 Å². The fraction of sp³-hybridized carbons (Fsp3) is 0. The van der Waals surface area contributed by atoms with Crippen molar-refractivity contribution in [1.82, 2.24) is 0 Å². The Morgan fingerprint density at radius 1 is 1.10 bits per heavy atom. The Labute approximate surface area is 120 Å². The number of hydrogen-bond donors (Lipinski definition) is 2. The minimum atomic E-state index is -1.12. The topological polar surface area (TPSA) is 66.4 Å². The van der Waals surface area contributed by atoms with Crippen molar-refractivity contribution in [2.24, 2.45) is 0 Å². The number of hydrogen-bond acceptors (Lipinski definition) is 2. The molecule has 0 spiro atoms. The van der Waals surface area contributed by atoms with Gasteiger partial charge >= 0.3 is 5.97 Å². The largest absolute Gasteiger partial charge is 0.478 e. The predicted molar refractivity (Wildman–Crippen MR) is 77.5 cm³/mol. The molecule has 5 heteroatoms. The normalized spacial score (nSPS) is 10.5. The number of halogens is 1. The van der Waals surface area contributed by atoms with Crippen LogP contribution in [0.5, 0.6) is 0 Å². The average molecular weight is 285 g/mol. The van der Waals surface area contributed by atoms with Gasteiger partial charge in [0.05, 0.1) is 11.3 Å². The molecule has 4 nitrogen and oxygen atoms in total. The molecule has 0 aromatic heterocycles. The third-order valence-electron chi connectivity index (χ3n) is 2.69. The Balaban J connectivity index is 2.10. The zero-order valence-electron chi connectivity index (χ0n) is 10.9. The third kappa shape index (κ3) is 4.01. The molecule has 0 unspecified atom stereocenters. The number of benzene rings is 2. The van der Waals surface area contributed by atoms with E-state index in [1.54, 1.807) is 18.2 Å². The summed E-state index contributed by atoms with van der Waals surface area (Å²) in [5.74, 6) is -2.01. The van der Waals surface area contributed by atoms with Crippen molar-refractivity contribution in [3.05, 3.63) is 71.6 Å². The summed E-state index contributed by atoms with van der Waals surface area (Å²) in [7, 11) is 0. The quantitative estimate of drug-likeness (QED) is 0.848. The van der Waals surface area contributed by atoms with Gasteiger partial charge in [0.25, 0.3) is 0 Å². The minimum Gasteiger partial charge on any atom is -0.478 e. The van der Waals surface area contributed by atoms with Crippen LogP contribution in [0, 0.1) is 5.82 Å². The molecule has 0 bridgehead atoms. The second-order valence-corrected chi connectivity index (χ2v) is 4.23. The third-order valence-corrected chi connectivity index (χ3v) is 2.69. The van der Waals surface area contributed by atoms with Crippen molar-refractivity contribution in [3.8, 4) is 0 Å². The molecule has 0 atom stereocenters. The SMILES string of the molecule is O=C(/C=C/c1cccc(F)c1)Nc1ccccc1C(=O)O. The minimum absolute atomic E-state index is 0.00463. The molecule has 0 saturated carbocycles. The standard InChI is InChI=1S/C16H12FNO3/c17-12-5-3-4-11(10-12)8-9-15(19)18-14-7-2-1-6-13(14)16(20)21/h1-10H,(H,18,19)(H,20,21)/b9-8+. The Kier molecular flexibility index (Phi) is 4.46. The maximum absolute atomic E-state index is 13.0. The second kappa shape index (κ2) is 6.47. The first-order chi connectivity index (χ1) is 10.1. The second-order valence-electron chi connectivity index (χ2n) is 4.23. The van der Waals surface area contributed by atoms with Crippen LogP contribution in [0.15, 0.2) is 54.6 Å². The summed E-state index contributed by atoms with van der Waals surface area (Å²) in [4.78, 5) is 22.8. The highest BCUT2D eigenvalue weighted by atomic mass is 19.1. The molecular formula is C16H12FNO3. The molecule has 0 saturated heterocycles. The Bertz CT molecular complexity index is 710. The maximum Gasteiger partial charge on any atom is 0.337 e. The molecule has 2 rings (SSSR count). The fourth-order valence-corrected chi connectivity index (χ4v) is 1.74. The molecule has 1 amide bonds. The van der Waals surface area contributed by atoms with Crippen LogP contribution in [0.4, 0.5) is 10.1 Å². The predicted octanol–water partition coefficient (Wildman–Crippen LogP) is 3.18. The van der Waals surface area contributed by atoms with E-state index in [4.69, 9.17) is 5.11 Å². The molecule has 21 heavy (non-hydrogen) atoms. The number of carbonyl (C=O) groups is 2. The Hall–Kier alpha value is -2.95. The summed E-state index contributed by atoms with van der Waals surface area (Å²) in [6, 6.07) is 11.9. The number of nitrogens with one attached hydrogen (secondary N) is 1. The van der Waals surface area contributed by atoms with Crippen LogP contribution in [0.2, 0.25) is 0 Å². The van der Waals surface area contributed by atoms with Gasteiger partial charge in [-0.3, -0.25) is 4.79 Å². The first kappa shape index (κ1) is 14.5. The first-order valence-corrected chi connectivity index (χ1v) is 6.13. The van der Waals surface area contributed by atoms with Gasteiger partial charge in [-0.05, 0) is 35.9 Å². The van der Waals surface area contributed by atoms with E-state index in [0.717, 1.165) is 0 Å². The van der Waals surface area contributed by atoms with E-state index >= 15 is 0 Å². The van der Waals surface area contributed by atoms with Gasteiger partial charge in [0.15, 0.2) is 0 Å². The lowest BCUT2D eigenvalue weighted by atomic mass is 10.1. The monoisotopic (exact) mass is 285 g/mol. The van der Waals surface area contributed by atoms with Crippen LogP contribution >= 0.6 is 0 Å². The van der Waals surface area contributed by atoms with Crippen LogP contribution in [-0.2, 0) is 4.79 Å². The Morgan fingerprint density at radius 2 is 1.86 bits per heavy atom. The van der Waals surface area contributed by atoms with E-state index in [1.165, 1.54) is 42.5 Å². The number of aromatic carboxylic acids is 1. The number of amides is 1. The highest BCUT2D eigenvalue weighted by Crippen LogP contribution is 2.15. The van der Waals surface area contributed by atoms with E-state index in [9.17, 15) is 14.0 Å². The molecule has 0 fully saturated rings. The number of rotatable bonds is 4. The van der Waals surface area contributed by atoms with Gasteiger partial charge in [-0.2, -0.15) is 0 Å². The van der Waals surface area contributed by atoms with Crippen LogP contribution < -0.4 is 5.32 Å². The van der Waals surface area contributed by atoms with Gasteiger partial charge in [0.1, 0.15) is 5.82 Å². The molecule has 2 N–H and O–H groups in total. The Morgan fingerprint density at radius 3 is 2.57 bits per heavy atom. The van der Waals surface area contributed by atoms with Crippen molar-refractivity contribution in [1.29, 1.82) is 0 Å². The van der Waals surface area contributed by atoms with Gasteiger partial charge in [-0.1, -0.05) is 24.3 Å². The van der Waals surface area contributed by atoms with Crippen LogP contribution in [0.25, 0.3) is 6.08 Å². The van der Waals surface area contributed by atoms with Gasteiger partial charge in [0.2, 0.25) is 5.91 Å². The lowest BCUT2D eigenvalue weighted by molar-refractivity contribution is -0.111. The number of anilines is 1. The summed E-state index contributed by atoms with van der Waals surface area (Å²) >= 11 is 0. The van der Waals surface area contributed by atoms with Crippen molar-refractivity contribution in [2.75, 3.05) is 5.32 Å². The molecular weight excluding hydrogens is 273 g/mol. The number of carbonyl (C=O) groups excluding carboxylic acids is 1. The molecule has 0 radical (unpaired) electrons. The zero-order chi connectivity index (χ0) is 15.2. The number of para-hydroxylation sites is 1. The molecule has 0 aliphatic rings. The highest BCUT2D eigenvalue weighted by Gasteiger charge is 2.09. The van der Waals surface area contributed by atoms with Crippen molar-refractivity contribution < 1.29 is 19.1 Å². The van der Waals surface area contributed by atoms with Crippen molar-refractivity contribution in [2.45, 2.75) is 0 Å². The van der Waals surface area contributed by atoms with Crippen LogP contribution in [0.1, 0.15) is 15.9 Å². The highest BCUT2D eigenvalue weighted by molar-refractivity contribution is 6.06. The fourth-order valence-electron chi connectivity index (χ4n) is 1.74. The molecule has 0 heterocycles. The zero-order valence-corrected chi connectivity index (χ0v) is 10.9. The van der Waals surface area contributed by atoms with E-state index in [0.29, 0.717) is 5.56 Å². The van der Waals surface area contributed by atoms with E-state index in [1.807, 2.05) is 0 Å². The van der Waals surface area contributed by atoms with Gasteiger partial charge < -0.3 is 10.4 Å². The lowest BCUT2D eigenvalue weighted by Crippen LogP contribution is -2.11. The summed E-state index contributed by atoms with van der Waals surface area (Å²) in [6.07, 6.45) is 2.66. The van der Waals surface area contributed by atoms with Gasteiger partial charge in [0, 0.05) is 6.08 Å². The van der Waals surface area contributed by atoms with E-state index in [2.05, 4.69) is 5.32 Å². The van der Waals surface area contributed by atoms with Gasteiger partial charge in [-0.15, -0.1) is 0 Å². The van der Waals surface area contributed by atoms with Crippen LogP contribution in [0.3, 0.4) is 0 Å². The molecule has 2 aromatic rings. The maximum atomic E-state index is 13.0. The lowest BCUT2D eigenvalue weighted by Gasteiger charge is -2.05. The molecule has 106 valence electrons. The number of carboxylic acid groups (broad SMARTS) is 1. The summed E-state index contributed by atoms with van der Waals surface area (Å²) in [5.41, 5.74) is 0.751.